The normalized spacial score (nSPS) is 16.4. The highest BCUT2D eigenvalue weighted by Crippen LogP contribution is 2.26. The number of carboxylic acids is 1. The molecule has 132 valence electrons. The molecule has 1 aromatic carbocycles. The van der Waals surface area contributed by atoms with Crippen LogP contribution in [-0.2, 0) is 9.53 Å². The summed E-state index contributed by atoms with van der Waals surface area (Å²) in [5.41, 5.74) is -0.0782. The van der Waals surface area contributed by atoms with Crippen LogP contribution < -0.4 is 5.32 Å². The third-order valence-corrected chi connectivity index (χ3v) is 4.17. The molecule has 1 aliphatic rings. The van der Waals surface area contributed by atoms with Gasteiger partial charge in [0, 0.05) is 24.8 Å². The third kappa shape index (κ3) is 4.03. The van der Waals surface area contributed by atoms with Gasteiger partial charge in [-0.3, -0.25) is 9.59 Å². The molecule has 0 unspecified atom stereocenters. The molecule has 2 aromatic rings. The van der Waals surface area contributed by atoms with Gasteiger partial charge in [-0.1, -0.05) is 17.3 Å². The predicted molar refractivity (Wildman–Crippen MR) is 84.4 cm³/mol. The van der Waals surface area contributed by atoms with Gasteiger partial charge in [-0.05, 0) is 25.0 Å². The molecule has 1 aromatic heterocycles. The Morgan fingerprint density at radius 3 is 2.72 bits per heavy atom. The second kappa shape index (κ2) is 7.02. The van der Waals surface area contributed by atoms with Gasteiger partial charge in [-0.15, -0.1) is 0 Å². The van der Waals surface area contributed by atoms with Crippen molar-refractivity contribution in [2.75, 3.05) is 13.2 Å². The topological polar surface area (TPSA) is 102 Å². The number of amides is 1. The molecule has 1 aliphatic heterocycles. The number of halogens is 1. The minimum atomic E-state index is -1.000. The fourth-order valence-corrected chi connectivity index (χ4v) is 2.87. The maximum atomic E-state index is 13.3. The van der Waals surface area contributed by atoms with E-state index in [2.05, 4.69) is 10.5 Å². The molecule has 0 saturated carbocycles. The van der Waals surface area contributed by atoms with Gasteiger partial charge >= 0.3 is 5.97 Å². The fourth-order valence-electron chi connectivity index (χ4n) is 2.87. The molecule has 0 radical (unpaired) electrons. The standard InChI is InChI=1S/C17H17FN2O5/c18-12-3-1-2-11(8-12)13-9-14(25-20-13)16(23)19-17(10-15(21)22)4-6-24-7-5-17/h1-3,8-9H,4-7,10H2,(H,19,23)(H,21,22). The Kier molecular flexibility index (Phi) is 4.80. The molecular formula is C17H17FN2O5. The summed E-state index contributed by atoms with van der Waals surface area (Å²) in [6.07, 6.45) is 0.596. The van der Waals surface area contributed by atoms with Gasteiger partial charge in [0.25, 0.3) is 5.91 Å². The van der Waals surface area contributed by atoms with E-state index in [9.17, 15) is 14.0 Å². The first-order chi connectivity index (χ1) is 12.0. The van der Waals surface area contributed by atoms with E-state index < -0.39 is 23.2 Å². The van der Waals surface area contributed by atoms with E-state index in [1.807, 2.05) is 0 Å². The number of hydrogen-bond donors (Lipinski definition) is 2. The van der Waals surface area contributed by atoms with Crippen molar-refractivity contribution in [3.05, 3.63) is 41.9 Å². The number of benzene rings is 1. The minimum Gasteiger partial charge on any atom is -0.481 e. The highest BCUT2D eigenvalue weighted by atomic mass is 19.1. The third-order valence-electron chi connectivity index (χ3n) is 4.17. The molecule has 7 nitrogen and oxygen atoms in total. The highest BCUT2D eigenvalue weighted by molar-refractivity contribution is 5.93. The summed E-state index contributed by atoms with van der Waals surface area (Å²) in [6.45, 7) is 0.747. The lowest BCUT2D eigenvalue weighted by Gasteiger charge is -2.36. The van der Waals surface area contributed by atoms with Gasteiger partial charge in [0.1, 0.15) is 11.5 Å². The number of hydrogen-bond acceptors (Lipinski definition) is 5. The van der Waals surface area contributed by atoms with Crippen LogP contribution >= 0.6 is 0 Å². The molecular weight excluding hydrogens is 331 g/mol. The number of carbonyl (C=O) groups is 2. The zero-order valence-electron chi connectivity index (χ0n) is 13.3. The van der Waals surface area contributed by atoms with Crippen LogP contribution in [0.5, 0.6) is 0 Å². The quantitative estimate of drug-likeness (QED) is 0.859. The molecule has 1 saturated heterocycles. The maximum Gasteiger partial charge on any atom is 0.305 e. The summed E-state index contributed by atoms with van der Waals surface area (Å²) in [4.78, 5) is 23.6. The van der Waals surface area contributed by atoms with E-state index in [0.717, 1.165) is 0 Å². The van der Waals surface area contributed by atoms with Crippen LogP contribution in [0.2, 0.25) is 0 Å². The summed E-state index contributed by atoms with van der Waals surface area (Å²) in [6, 6.07) is 7.16. The van der Waals surface area contributed by atoms with Crippen molar-refractivity contribution >= 4 is 11.9 Å². The van der Waals surface area contributed by atoms with E-state index in [4.69, 9.17) is 14.4 Å². The molecule has 8 heteroatoms. The molecule has 0 bridgehead atoms. The van der Waals surface area contributed by atoms with Gasteiger partial charge in [-0.2, -0.15) is 0 Å². The van der Waals surface area contributed by atoms with Gasteiger partial charge in [0.15, 0.2) is 0 Å². The number of rotatable bonds is 5. The summed E-state index contributed by atoms with van der Waals surface area (Å²) in [7, 11) is 0. The van der Waals surface area contributed by atoms with Crippen molar-refractivity contribution in [1.29, 1.82) is 0 Å². The first-order valence-electron chi connectivity index (χ1n) is 7.82. The van der Waals surface area contributed by atoms with Crippen LogP contribution in [0.15, 0.2) is 34.9 Å². The van der Waals surface area contributed by atoms with Crippen LogP contribution in [0.3, 0.4) is 0 Å². The van der Waals surface area contributed by atoms with E-state index in [0.29, 0.717) is 37.3 Å². The Hall–Kier alpha value is -2.74. The average Bonchev–Trinajstić information content (AvgIpc) is 3.05. The Morgan fingerprint density at radius 1 is 1.28 bits per heavy atom. The fraction of sp³-hybridized carbons (Fsp3) is 0.353. The van der Waals surface area contributed by atoms with Crippen molar-refractivity contribution < 1.29 is 28.3 Å². The van der Waals surface area contributed by atoms with Gasteiger partial charge < -0.3 is 19.7 Å². The predicted octanol–water partition coefficient (Wildman–Crippen LogP) is 2.23. The lowest BCUT2D eigenvalue weighted by atomic mass is 9.86. The van der Waals surface area contributed by atoms with Crippen LogP contribution in [0.4, 0.5) is 4.39 Å². The van der Waals surface area contributed by atoms with Crippen molar-refractivity contribution in [2.24, 2.45) is 0 Å². The molecule has 2 heterocycles. The van der Waals surface area contributed by atoms with Gasteiger partial charge in [0.05, 0.1) is 12.0 Å². The van der Waals surface area contributed by atoms with Crippen LogP contribution in [0.1, 0.15) is 29.8 Å². The Morgan fingerprint density at radius 2 is 2.04 bits per heavy atom. The van der Waals surface area contributed by atoms with Gasteiger partial charge in [0.2, 0.25) is 5.76 Å². The number of carbonyl (C=O) groups excluding carboxylic acids is 1. The van der Waals surface area contributed by atoms with E-state index in [1.165, 1.54) is 24.3 Å². The van der Waals surface area contributed by atoms with Crippen molar-refractivity contribution in [1.82, 2.24) is 10.5 Å². The Balaban J connectivity index is 1.77. The minimum absolute atomic E-state index is 0.0597. The summed E-state index contributed by atoms with van der Waals surface area (Å²) < 4.78 is 23.6. The molecule has 0 atom stereocenters. The van der Waals surface area contributed by atoms with Crippen LogP contribution in [0, 0.1) is 5.82 Å². The molecule has 0 spiro atoms. The van der Waals surface area contributed by atoms with Crippen molar-refractivity contribution in [3.8, 4) is 11.3 Å². The van der Waals surface area contributed by atoms with E-state index >= 15 is 0 Å². The zero-order valence-corrected chi connectivity index (χ0v) is 13.3. The van der Waals surface area contributed by atoms with Gasteiger partial charge in [-0.25, -0.2) is 4.39 Å². The Labute approximate surface area is 142 Å². The first-order valence-corrected chi connectivity index (χ1v) is 7.82. The molecule has 1 amide bonds. The maximum absolute atomic E-state index is 13.3. The second-order valence-electron chi connectivity index (χ2n) is 6.00. The van der Waals surface area contributed by atoms with E-state index in [1.54, 1.807) is 6.07 Å². The van der Waals surface area contributed by atoms with Crippen molar-refractivity contribution in [2.45, 2.75) is 24.8 Å². The number of ether oxygens (including phenoxy) is 1. The molecule has 2 N–H and O–H groups in total. The molecule has 25 heavy (non-hydrogen) atoms. The monoisotopic (exact) mass is 348 g/mol. The first kappa shape index (κ1) is 17.1. The van der Waals surface area contributed by atoms with Crippen LogP contribution in [0.25, 0.3) is 11.3 Å². The SMILES string of the molecule is O=C(O)CC1(NC(=O)c2cc(-c3cccc(F)c3)no2)CCOCC1. The largest absolute Gasteiger partial charge is 0.481 e. The van der Waals surface area contributed by atoms with Crippen LogP contribution in [-0.4, -0.2) is 40.9 Å². The summed E-state index contributed by atoms with van der Waals surface area (Å²) >= 11 is 0. The number of aliphatic carboxylic acids is 1. The van der Waals surface area contributed by atoms with Crippen molar-refractivity contribution in [3.63, 3.8) is 0 Å². The number of nitrogens with zero attached hydrogens (tertiary/aromatic N) is 1. The lowest BCUT2D eigenvalue weighted by Crippen LogP contribution is -2.53. The zero-order chi connectivity index (χ0) is 17.9. The number of nitrogens with one attached hydrogen (secondary N) is 1. The second-order valence-corrected chi connectivity index (χ2v) is 6.00. The molecule has 3 rings (SSSR count). The number of carboxylic acid groups (broad SMARTS) is 1. The molecule has 0 aliphatic carbocycles. The smallest absolute Gasteiger partial charge is 0.305 e. The summed E-state index contributed by atoms with van der Waals surface area (Å²) in [5.74, 6) is -2.04. The van der Waals surface area contributed by atoms with E-state index in [-0.39, 0.29) is 12.2 Å². The highest BCUT2D eigenvalue weighted by Gasteiger charge is 2.37. The lowest BCUT2D eigenvalue weighted by molar-refractivity contribution is -0.139. The number of aromatic nitrogens is 1. The Bertz CT molecular complexity index is 783. The summed E-state index contributed by atoms with van der Waals surface area (Å²) in [5, 5.41) is 15.7. The molecule has 1 fully saturated rings. The average molecular weight is 348 g/mol.